The minimum atomic E-state index is -0.0442. The zero-order chi connectivity index (χ0) is 18.5. The first kappa shape index (κ1) is 16.7. The van der Waals surface area contributed by atoms with Gasteiger partial charge in [-0.1, -0.05) is 15.9 Å². The minimum Gasteiger partial charge on any atom is -0.335 e. The number of amides is 1. The molecule has 1 saturated heterocycles. The summed E-state index contributed by atoms with van der Waals surface area (Å²) in [7, 11) is 0. The normalized spacial score (nSPS) is 18.4. The fourth-order valence-corrected chi connectivity index (χ4v) is 4.43. The smallest absolute Gasteiger partial charge is 0.210 e. The van der Waals surface area contributed by atoms with Gasteiger partial charge in [-0.25, -0.2) is 14.6 Å². The highest BCUT2D eigenvalue weighted by atomic mass is 79.9. The van der Waals surface area contributed by atoms with E-state index in [2.05, 4.69) is 37.6 Å². The van der Waals surface area contributed by atoms with Crippen molar-refractivity contribution < 1.29 is 4.79 Å². The summed E-state index contributed by atoms with van der Waals surface area (Å²) < 4.78 is 5.06. The van der Waals surface area contributed by atoms with Crippen LogP contribution in [0.15, 0.2) is 29.0 Å². The Kier molecular flexibility index (Phi) is 3.89. The number of imidazole rings is 1. The van der Waals surface area contributed by atoms with Gasteiger partial charge in [0.05, 0.1) is 36.0 Å². The topological polar surface area (TPSA) is 68.8 Å². The van der Waals surface area contributed by atoms with Crippen LogP contribution in [0.25, 0.3) is 17.1 Å². The number of likely N-dealkylation sites (tertiary alicyclic amines) is 1. The van der Waals surface area contributed by atoms with Crippen LogP contribution in [0.4, 0.5) is 0 Å². The third-order valence-corrected chi connectivity index (χ3v) is 5.99. The van der Waals surface area contributed by atoms with Crippen molar-refractivity contribution in [1.82, 2.24) is 29.2 Å². The van der Waals surface area contributed by atoms with Crippen molar-refractivity contribution in [3.8, 4) is 17.1 Å². The molecule has 8 heteroatoms. The molecule has 0 spiro atoms. The SMILES string of the molecule is Cc1ncn2c1Cn1nc(C3CCCCN3C=O)nc1-c1cc(Br)ccc1-2. The molecule has 2 aromatic heterocycles. The lowest BCUT2D eigenvalue weighted by atomic mass is 10.0. The second kappa shape index (κ2) is 6.30. The summed E-state index contributed by atoms with van der Waals surface area (Å²) in [6.45, 7) is 3.39. The number of nitrogens with zero attached hydrogens (tertiary/aromatic N) is 6. The summed E-state index contributed by atoms with van der Waals surface area (Å²) >= 11 is 3.58. The number of carbonyl (C=O) groups is 1. The molecule has 5 rings (SSSR count). The summed E-state index contributed by atoms with van der Waals surface area (Å²) in [6, 6.07) is 6.13. The number of fused-ring (bicyclic) bond motifs is 5. The summed E-state index contributed by atoms with van der Waals surface area (Å²) in [4.78, 5) is 22.7. The van der Waals surface area contributed by atoms with Crippen LogP contribution in [0, 0.1) is 6.92 Å². The van der Waals surface area contributed by atoms with Crippen molar-refractivity contribution in [3.63, 3.8) is 0 Å². The van der Waals surface area contributed by atoms with E-state index in [1.54, 1.807) is 0 Å². The van der Waals surface area contributed by atoms with E-state index in [1.165, 1.54) is 0 Å². The van der Waals surface area contributed by atoms with Gasteiger partial charge in [0.2, 0.25) is 6.41 Å². The van der Waals surface area contributed by atoms with E-state index < -0.39 is 0 Å². The van der Waals surface area contributed by atoms with E-state index in [-0.39, 0.29) is 6.04 Å². The fourth-order valence-electron chi connectivity index (χ4n) is 4.07. The molecule has 2 aliphatic heterocycles. The molecule has 1 atom stereocenters. The molecular weight excluding hydrogens is 408 g/mol. The minimum absolute atomic E-state index is 0.0442. The van der Waals surface area contributed by atoms with Gasteiger partial charge in [0.15, 0.2) is 11.6 Å². The predicted octanol–water partition coefficient (Wildman–Crippen LogP) is 3.25. The fraction of sp³-hybridized carbons (Fsp3) is 0.368. The Bertz CT molecular complexity index is 1040. The molecule has 1 fully saturated rings. The molecule has 1 aromatic carbocycles. The first-order valence-corrected chi connectivity index (χ1v) is 9.94. The number of piperidine rings is 1. The number of halogens is 1. The molecule has 0 saturated carbocycles. The van der Waals surface area contributed by atoms with Crippen molar-refractivity contribution in [2.45, 2.75) is 38.8 Å². The molecule has 7 nitrogen and oxygen atoms in total. The van der Waals surface area contributed by atoms with Gasteiger partial charge < -0.3 is 9.47 Å². The standard InChI is InChI=1S/C19H19BrN6O/c1-12-17-9-26-19(14-8-13(20)5-6-15(14)25(17)10-21-12)22-18(23-26)16-4-2-3-7-24(16)11-27/h5-6,8,10-11,16H,2-4,7,9H2,1H3. The number of aryl methyl sites for hydroxylation is 1. The zero-order valence-electron chi connectivity index (χ0n) is 15.0. The van der Waals surface area contributed by atoms with Gasteiger partial charge in [0.1, 0.15) is 0 Å². The Morgan fingerprint density at radius 1 is 1.30 bits per heavy atom. The number of benzene rings is 1. The van der Waals surface area contributed by atoms with Crippen molar-refractivity contribution in [2.24, 2.45) is 0 Å². The van der Waals surface area contributed by atoms with E-state index in [0.717, 1.165) is 71.0 Å². The molecule has 27 heavy (non-hydrogen) atoms. The molecular formula is C19H19BrN6O. The molecule has 1 unspecified atom stereocenters. The molecule has 0 aliphatic carbocycles. The van der Waals surface area contributed by atoms with Crippen molar-refractivity contribution in [1.29, 1.82) is 0 Å². The maximum Gasteiger partial charge on any atom is 0.210 e. The van der Waals surface area contributed by atoms with Crippen LogP contribution in [0.2, 0.25) is 0 Å². The Morgan fingerprint density at radius 3 is 3.04 bits per heavy atom. The number of carbonyl (C=O) groups excluding carboxylic acids is 1. The lowest BCUT2D eigenvalue weighted by Gasteiger charge is -2.30. The van der Waals surface area contributed by atoms with Crippen LogP contribution in [-0.4, -0.2) is 42.2 Å². The highest BCUT2D eigenvalue weighted by Gasteiger charge is 2.30. The maximum absolute atomic E-state index is 11.5. The lowest BCUT2D eigenvalue weighted by molar-refractivity contribution is -0.121. The van der Waals surface area contributed by atoms with Crippen LogP contribution in [0.5, 0.6) is 0 Å². The summed E-state index contributed by atoms with van der Waals surface area (Å²) in [6.07, 6.45) is 5.83. The van der Waals surface area contributed by atoms with Crippen molar-refractivity contribution >= 4 is 22.3 Å². The number of aromatic nitrogens is 5. The molecule has 0 radical (unpaired) electrons. The average molecular weight is 427 g/mol. The highest BCUT2D eigenvalue weighted by molar-refractivity contribution is 9.10. The van der Waals surface area contributed by atoms with Crippen LogP contribution in [0.3, 0.4) is 0 Å². The monoisotopic (exact) mass is 426 g/mol. The second-order valence-electron chi connectivity index (χ2n) is 7.11. The van der Waals surface area contributed by atoms with Crippen LogP contribution in [0.1, 0.15) is 42.5 Å². The Labute approximate surface area is 165 Å². The van der Waals surface area contributed by atoms with Crippen LogP contribution < -0.4 is 0 Å². The molecule has 2 aliphatic rings. The third-order valence-electron chi connectivity index (χ3n) is 5.50. The van der Waals surface area contributed by atoms with Gasteiger partial charge in [0, 0.05) is 16.6 Å². The lowest BCUT2D eigenvalue weighted by Crippen LogP contribution is -2.32. The number of hydrogen-bond donors (Lipinski definition) is 0. The summed E-state index contributed by atoms with van der Waals surface area (Å²) in [5.74, 6) is 1.56. The Morgan fingerprint density at radius 2 is 2.19 bits per heavy atom. The molecule has 138 valence electrons. The van der Waals surface area contributed by atoms with E-state index in [4.69, 9.17) is 10.1 Å². The Hall–Kier alpha value is -2.48. The van der Waals surface area contributed by atoms with Crippen LogP contribution >= 0.6 is 15.9 Å². The van der Waals surface area contributed by atoms with Gasteiger partial charge in [-0.05, 0) is 44.4 Å². The van der Waals surface area contributed by atoms with Gasteiger partial charge in [-0.15, -0.1) is 0 Å². The van der Waals surface area contributed by atoms with E-state index in [1.807, 2.05) is 28.9 Å². The largest absolute Gasteiger partial charge is 0.335 e. The zero-order valence-corrected chi connectivity index (χ0v) is 16.6. The van der Waals surface area contributed by atoms with Crippen LogP contribution in [-0.2, 0) is 11.3 Å². The molecule has 0 bridgehead atoms. The van der Waals surface area contributed by atoms with Gasteiger partial charge in [0.25, 0.3) is 0 Å². The van der Waals surface area contributed by atoms with E-state index in [0.29, 0.717) is 6.54 Å². The summed E-state index contributed by atoms with van der Waals surface area (Å²) in [5.41, 5.74) is 4.14. The first-order chi connectivity index (χ1) is 13.2. The highest BCUT2D eigenvalue weighted by Crippen LogP contribution is 2.35. The third kappa shape index (κ3) is 2.62. The van der Waals surface area contributed by atoms with E-state index in [9.17, 15) is 4.79 Å². The number of hydrogen-bond acceptors (Lipinski definition) is 4. The Balaban J connectivity index is 1.69. The molecule has 0 N–H and O–H groups in total. The second-order valence-corrected chi connectivity index (χ2v) is 8.03. The van der Waals surface area contributed by atoms with Crippen molar-refractivity contribution in [3.05, 3.63) is 46.2 Å². The molecule has 3 aromatic rings. The van der Waals surface area contributed by atoms with E-state index >= 15 is 0 Å². The maximum atomic E-state index is 11.5. The molecule has 1 amide bonds. The van der Waals surface area contributed by atoms with Gasteiger partial charge in [-0.2, -0.15) is 5.10 Å². The number of rotatable bonds is 2. The summed E-state index contributed by atoms with van der Waals surface area (Å²) in [5, 5.41) is 4.83. The quantitative estimate of drug-likeness (QED) is 0.461. The van der Waals surface area contributed by atoms with Gasteiger partial charge >= 0.3 is 0 Å². The molecule has 4 heterocycles. The predicted molar refractivity (Wildman–Crippen MR) is 103 cm³/mol. The van der Waals surface area contributed by atoms with Crippen molar-refractivity contribution in [2.75, 3.05) is 6.54 Å². The average Bonchev–Trinajstić information content (AvgIpc) is 3.23. The first-order valence-electron chi connectivity index (χ1n) is 9.14. The van der Waals surface area contributed by atoms with Gasteiger partial charge in [-0.3, -0.25) is 4.79 Å².